The Kier molecular flexibility index (Phi) is 2.93. The number of rotatable bonds is 3. The molecular formula is C10H12BrNO2. The first-order valence-corrected chi connectivity index (χ1v) is 5.30. The Balaban J connectivity index is 2.17. The van der Waals surface area contributed by atoms with E-state index >= 15 is 0 Å². The van der Waals surface area contributed by atoms with Crippen LogP contribution in [0.1, 0.15) is 0 Å². The first kappa shape index (κ1) is 9.80. The summed E-state index contributed by atoms with van der Waals surface area (Å²) in [4.78, 5) is 0. The summed E-state index contributed by atoms with van der Waals surface area (Å²) in [6.07, 6.45) is 0.276. The van der Waals surface area contributed by atoms with Gasteiger partial charge in [-0.1, -0.05) is 6.07 Å². The summed E-state index contributed by atoms with van der Waals surface area (Å²) in [5, 5.41) is 3.16. The third-order valence-corrected chi connectivity index (χ3v) is 2.80. The van der Waals surface area contributed by atoms with Gasteiger partial charge in [-0.15, -0.1) is 0 Å². The predicted molar refractivity (Wildman–Crippen MR) is 58.0 cm³/mol. The molecule has 1 heterocycles. The largest absolute Gasteiger partial charge is 0.492 e. The molecule has 14 heavy (non-hydrogen) atoms. The zero-order valence-corrected chi connectivity index (χ0v) is 9.50. The molecule has 2 rings (SSSR count). The van der Waals surface area contributed by atoms with Crippen molar-refractivity contribution in [2.75, 3.05) is 20.2 Å². The first-order valence-electron chi connectivity index (χ1n) is 4.51. The molecule has 1 aliphatic rings. The lowest BCUT2D eigenvalue weighted by Crippen LogP contribution is -2.50. The van der Waals surface area contributed by atoms with Gasteiger partial charge in [-0.05, 0) is 28.1 Å². The molecule has 3 nitrogen and oxygen atoms in total. The lowest BCUT2D eigenvalue weighted by atomic mass is 10.2. The fourth-order valence-corrected chi connectivity index (χ4v) is 1.81. The van der Waals surface area contributed by atoms with Crippen LogP contribution in [-0.2, 0) is 0 Å². The Morgan fingerprint density at radius 2 is 2.21 bits per heavy atom. The summed E-state index contributed by atoms with van der Waals surface area (Å²) in [6.45, 7) is 1.82. The van der Waals surface area contributed by atoms with Gasteiger partial charge in [0.2, 0.25) is 0 Å². The molecule has 0 aromatic heterocycles. The molecule has 1 saturated heterocycles. The van der Waals surface area contributed by atoms with Gasteiger partial charge in [0.1, 0.15) is 6.10 Å². The van der Waals surface area contributed by atoms with Crippen LogP contribution in [0.4, 0.5) is 0 Å². The Morgan fingerprint density at radius 1 is 1.43 bits per heavy atom. The van der Waals surface area contributed by atoms with Crippen molar-refractivity contribution < 1.29 is 9.47 Å². The molecule has 1 N–H and O–H groups in total. The maximum Gasteiger partial charge on any atom is 0.174 e. The second-order valence-electron chi connectivity index (χ2n) is 3.17. The molecule has 4 heteroatoms. The quantitative estimate of drug-likeness (QED) is 0.896. The van der Waals surface area contributed by atoms with Crippen molar-refractivity contribution in [1.29, 1.82) is 0 Å². The predicted octanol–water partition coefficient (Wildman–Crippen LogP) is 1.81. The fraction of sp³-hybridized carbons (Fsp3) is 0.400. The van der Waals surface area contributed by atoms with Crippen LogP contribution in [0.3, 0.4) is 0 Å². The minimum Gasteiger partial charge on any atom is -0.492 e. The molecule has 1 aromatic carbocycles. The van der Waals surface area contributed by atoms with Gasteiger partial charge in [-0.2, -0.15) is 0 Å². The van der Waals surface area contributed by atoms with Crippen molar-refractivity contribution in [3.63, 3.8) is 0 Å². The molecule has 0 aliphatic carbocycles. The Labute approximate surface area is 91.5 Å². The number of nitrogens with one attached hydrogen (secondary N) is 1. The number of para-hydroxylation sites is 1. The summed E-state index contributed by atoms with van der Waals surface area (Å²) >= 11 is 3.42. The van der Waals surface area contributed by atoms with Gasteiger partial charge in [-0.25, -0.2) is 0 Å². The average molecular weight is 258 g/mol. The van der Waals surface area contributed by atoms with Crippen LogP contribution >= 0.6 is 15.9 Å². The number of ether oxygens (including phenoxy) is 2. The summed E-state index contributed by atoms with van der Waals surface area (Å²) in [5.74, 6) is 1.56. The summed E-state index contributed by atoms with van der Waals surface area (Å²) in [7, 11) is 1.64. The van der Waals surface area contributed by atoms with Crippen molar-refractivity contribution in [2.45, 2.75) is 6.10 Å². The van der Waals surface area contributed by atoms with E-state index < -0.39 is 0 Å². The van der Waals surface area contributed by atoms with E-state index in [1.807, 2.05) is 18.2 Å². The highest BCUT2D eigenvalue weighted by Crippen LogP contribution is 2.35. The molecule has 0 spiro atoms. The van der Waals surface area contributed by atoms with Crippen molar-refractivity contribution >= 4 is 15.9 Å². The van der Waals surface area contributed by atoms with E-state index in [1.54, 1.807) is 7.11 Å². The lowest BCUT2D eigenvalue weighted by Gasteiger charge is -2.28. The topological polar surface area (TPSA) is 30.5 Å². The van der Waals surface area contributed by atoms with E-state index in [9.17, 15) is 0 Å². The minimum atomic E-state index is 0.276. The second kappa shape index (κ2) is 4.19. The van der Waals surface area contributed by atoms with Crippen LogP contribution in [0.2, 0.25) is 0 Å². The van der Waals surface area contributed by atoms with Crippen LogP contribution in [0, 0.1) is 0 Å². The van der Waals surface area contributed by atoms with Gasteiger partial charge < -0.3 is 14.8 Å². The molecular weight excluding hydrogens is 246 g/mol. The fourth-order valence-electron chi connectivity index (χ4n) is 1.31. The van der Waals surface area contributed by atoms with Gasteiger partial charge in [0.05, 0.1) is 11.6 Å². The van der Waals surface area contributed by atoms with Gasteiger partial charge in [0.15, 0.2) is 11.5 Å². The number of methoxy groups -OCH3 is 1. The van der Waals surface area contributed by atoms with E-state index in [1.165, 1.54) is 0 Å². The zero-order chi connectivity index (χ0) is 9.97. The SMILES string of the molecule is COc1c(Br)cccc1OC1CNC1. The lowest BCUT2D eigenvalue weighted by molar-refractivity contribution is 0.137. The second-order valence-corrected chi connectivity index (χ2v) is 4.02. The highest BCUT2D eigenvalue weighted by atomic mass is 79.9. The summed E-state index contributed by atoms with van der Waals surface area (Å²) in [5.41, 5.74) is 0. The van der Waals surface area contributed by atoms with E-state index in [4.69, 9.17) is 9.47 Å². The first-order chi connectivity index (χ1) is 6.81. The van der Waals surface area contributed by atoms with Gasteiger partial charge in [0.25, 0.3) is 0 Å². The van der Waals surface area contributed by atoms with E-state index in [0.717, 1.165) is 29.1 Å². The standard InChI is InChI=1S/C10H12BrNO2/c1-13-10-8(11)3-2-4-9(10)14-7-5-12-6-7/h2-4,7,12H,5-6H2,1H3. The molecule has 0 radical (unpaired) electrons. The monoisotopic (exact) mass is 257 g/mol. The molecule has 0 atom stereocenters. The highest BCUT2D eigenvalue weighted by molar-refractivity contribution is 9.10. The molecule has 0 unspecified atom stereocenters. The summed E-state index contributed by atoms with van der Waals surface area (Å²) < 4.78 is 11.9. The van der Waals surface area contributed by atoms with Crippen LogP contribution in [0.5, 0.6) is 11.5 Å². The third kappa shape index (κ3) is 1.86. The number of benzene rings is 1. The molecule has 1 aromatic rings. The van der Waals surface area contributed by atoms with Crippen molar-refractivity contribution in [2.24, 2.45) is 0 Å². The van der Waals surface area contributed by atoms with Gasteiger partial charge in [-0.3, -0.25) is 0 Å². The molecule has 1 fully saturated rings. The zero-order valence-electron chi connectivity index (χ0n) is 7.92. The number of halogens is 1. The Morgan fingerprint density at radius 3 is 2.79 bits per heavy atom. The molecule has 1 aliphatic heterocycles. The van der Waals surface area contributed by atoms with Crippen molar-refractivity contribution in [3.8, 4) is 11.5 Å². The maximum atomic E-state index is 5.74. The summed E-state index contributed by atoms with van der Waals surface area (Å²) in [6, 6.07) is 5.79. The number of hydrogen-bond acceptors (Lipinski definition) is 3. The van der Waals surface area contributed by atoms with E-state index in [2.05, 4.69) is 21.2 Å². The molecule has 76 valence electrons. The van der Waals surface area contributed by atoms with Crippen LogP contribution < -0.4 is 14.8 Å². The van der Waals surface area contributed by atoms with Crippen LogP contribution in [0.25, 0.3) is 0 Å². The van der Waals surface area contributed by atoms with Gasteiger partial charge in [0, 0.05) is 13.1 Å². The molecule has 0 amide bonds. The average Bonchev–Trinajstić information content (AvgIpc) is 2.11. The molecule has 0 bridgehead atoms. The Hall–Kier alpha value is -0.740. The normalized spacial score (nSPS) is 16.1. The number of hydrogen-bond donors (Lipinski definition) is 1. The van der Waals surface area contributed by atoms with E-state index in [0.29, 0.717) is 0 Å². The van der Waals surface area contributed by atoms with Crippen LogP contribution in [0.15, 0.2) is 22.7 Å². The third-order valence-electron chi connectivity index (χ3n) is 2.17. The minimum absolute atomic E-state index is 0.276. The van der Waals surface area contributed by atoms with Gasteiger partial charge >= 0.3 is 0 Å². The van der Waals surface area contributed by atoms with Crippen molar-refractivity contribution in [1.82, 2.24) is 5.32 Å². The smallest absolute Gasteiger partial charge is 0.174 e. The van der Waals surface area contributed by atoms with E-state index in [-0.39, 0.29) is 6.10 Å². The van der Waals surface area contributed by atoms with Crippen molar-refractivity contribution in [3.05, 3.63) is 22.7 Å². The maximum absolute atomic E-state index is 5.74. The Bertz CT molecular complexity index is 326. The molecule has 0 saturated carbocycles. The van der Waals surface area contributed by atoms with Crippen LogP contribution in [-0.4, -0.2) is 26.3 Å². The highest BCUT2D eigenvalue weighted by Gasteiger charge is 2.20.